The molecular weight excluding hydrogens is 320 g/mol. The van der Waals surface area contributed by atoms with E-state index in [9.17, 15) is 0 Å². The fraction of sp³-hybridized carbons (Fsp3) is 0.400. The summed E-state index contributed by atoms with van der Waals surface area (Å²) in [5, 5.41) is 0. The van der Waals surface area contributed by atoms with Crippen LogP contribution in [0.15, 0.2) is 16.7 Å². The van der Waals surface area contributed by atoms with Crippen LogP contribution in [0.2, 0.25) is 0 Å². The zero-order valence-corrected chi connectivity index (χ0v) is 12.9. The zero-order chi connectivity index (χ0) is 13.7. The van der Waals surface area contributed by atoms with Gasteiger partial charge in [-0.15, -0.1) is 0 Å². The summed E-state index contributed by atoms with van der Waals surface area (Å²) in [5.41, 5.74) is 3.60. The van der Waals surface area contributed by atoms with Crippen LogP contribution < -0.4 is 9.47 Å². The van der Waals surface area contributed by atoms with Gasteiger partial charge >= 0.3 is 0 Å². The monoisotopic (exact) mass is 334 g/mol. The first-order chi connectivity index (χ1) is 9.74. The van der Waals surface area contributed by atoms with E-state index >= 15 is 0 Å². The first kappa shape index (κ1) is 12.3. The maximum atomic E-state index is 5.50. The van der Waals surface area contributed by atoms with Gasteiger partial charge in [0.1, 0.15) is 10.4 Å². The molecule has 0 N–H and O–H groups in total. The quantitative estimate of drug-likeness (QED) is 0.798. The second kappa shape index (κ2) is 4.52. The number of aromatic nitrogens is 2. The van der Waals surface area contributed by atoms with Gasteiger partial charge in [-0.3, -0.25) is 0 Å². The molecule has 0 amide bonds. The summed E-state index contributed by atoms with van der Waals surface area (Å²) in [6.45, 7) is 3.44. The van der Waals surface area contributed by atoms with E-state index < -0.39 is 0 Å². The maximum Gasteiger partial charge on any atom is 0.231 e. The molecule has 0 radical (unpaired) electrons. The van der Waals surface area contributed by atoms with Crippen molar-refractivity contribution >= 4 is 15.9 Å². The van der Waals surface area contributed by atoms with E-state index in [0.717, 1.165) is 40.5 Å². The van der Waals surface area contributed by atoms with Crippen molar-refractivity contribution < 1.29 is 9.47 Å². The molecule has 0 aliphatic carbocycles. The van der Waals surface area contributed by atoms with E-state index in [2.05, 4.69) is 27.4 Å². The van der Waals surface area contributed by atoms with Crippen LogP contribution in [0.5, 0.6) is 11.5 Å². The highest BCUT2D eigenvalue weighted by atomic mass is 79.9. The lowest BCUT2D eigenvalue weighted by atomic mass is 10.1. The molecule has 20 heavy (non-hydrogen) atoms. The van der Waals surface area contributed by atoms with Gasteiger partial charge in [-0.2, -0.15) is 0 Å². The summed E-state index contributed by atoms with van der Waals surface area (Å²) >= 11 is 3.60. The van der Waals surface area contributed by atoms with Crippen molar-refractivity contribution in [3.05, 3.63) is 28.0 Å². The van der Waals surface area contributed by atoms with Crippen LogP contribution in [-0.4, -0.2) is 16.3 Å². The Bertz CT molecular complexity index is 694. The Morgan fingerprint density at radius 1 is 1.20 bits per heavy atom. The molecule has 0 atom stereocenters. The van der Waals surface area contributed by atoms with Gasteiger partial charge in [0, 0.05) is 12.1 Å². The van der Waals surface area contributed by atoms with Gasteiger partial charge in [0.05, 0.1) is 5.69 Å². The molecule has 0 fully saturated rings. The number of imidazole rings is 1. The van der Waals surface area contributed by atoms with E-state index in [1.807, 2.05) is 12.1 Å². The van der Waals surface area contributed by atoms with Gasteiger partial charge in [0.15, 0.2) is 11.5 Å². The number of hydrogen-bond donors (Lipinski definition) is 0. The predicted octanol–water partition coefficient (Wildman–Crippen LogP) is 3.69. The number of aryl methyl sites for hydroxylation is 1. The molecule has 4 rings (SSSR count). The SMILES string of the molecule is Cc1cc2c(cc1-c1nc(Br)c3n1CCCC3)OCO2. The van der Waals surface area contributed by atoms with Gasteiger partial charge in [-0.1, -0.05) is 0 Å². The molecule has 5 heteroatoms. The third kappa shape index (κ3) is 1.76. The molecule has 3 heterocycles. The number of fused-ring (bicyclic) bond motifs is 2. The number of hydrogen-bond acceptors (Lipinski definition) is 3. The molecule has 0 unspecified atom stereocenters. The fourth-order valence-electron chi connectivity index (χ4n) is 2.99. The number of benzene rings is 1. The van der Waals surface area contributed by atoms with Crippen molar-refractivity contribution in [1.82, 2.24) is 9.55 Å². The van der Waals surface area contributed by atoms with Crippen LogP contribution >= 0.6 is 15.9 Å². The highest BCUT2D eigenvalue weighted by molar-refractivity contribution is 9.10. The summed E-state index contributed by atoms with van der Waals surface area (Å²) in [6, 6.07) is 4.09. The lowest BCUT2D eigenvalue weighted by Crippen LogP contribution is -2.11. The largest absolute Gasteiger partial charge is 0.454 e. The molecule has 2 aliphatic heterocycles. The second-order valence-electron chi connectivity index (χ2n) is 5.30. The van der Waals surface area contributed by atoms with Crippen molar-refractivity contribution in [1.29, 1.82) is 0 Å². The predicted molar refractivity (Wildman–Crippen MR) is 79.2 cm³/mol. The van der Waals surface area contributed by atoms with Crippen molar-refractivity contribution in [2.45, 2.75) is 32.7 Å². The molecular formula is C15H15BrN2O2. The molecule has 0 bridgehead atoms. The van der Waals surface area contributed by atoms with Crippen LogP contribution in [0, 0.1) is 6.92 Å². The molecule has 104 valence electrons. The Kier molecular flexibility index (Phi) is 2.77. The second-order valence-corrected chi connectivity index (χ2v) is 6.05. The third-order valence-corrected chi connectivity index (χ3v) is 4.66. The highest BCUT2D eigenvalue weighted by Crippen LogP contribution is 2.39. The third-order valence-electron chi connectivity index (χ3n) is 4.03. The number of ether oxygens (including phenoxy) is 2. The molecule has 0 saturated heterocycles. The summed E-state index contributed by atoms with van der Waals surface area (Å²) < 4.78 is 14.2. The zero-order valence-electron chi connectivity index (χ0n) is 11.3. The number of rotatable bonds is 1. The van der Waals surface area contributed by atoms with E-state index in [4.69, 9.17) is 14.5 Å². The Balaban J connectivity index is 1.89. The van der Waals surface area contributed by atoms with Crippen molar-refractivity contribution in [3.63, 3.8) is 0 Å². The minimum atomic E-state index is 0.307. The van der Waals surface area contributed by atoms with Crippen molar-refractivity contribution in [2.24, 2.45) is 0 Å². The summed E-state index contributed by atoms with van der Waals surface area (Å²) in [7, 11) is 0. The summed E-state index contributed by atoms with van der Waals surface area (Å²) in [6.07, 6.45) is 3.55. The molecule has 4 nitrogen and oxygen atoms in total. The molecule has 2 aromatic rings. The normalized spacial score (nSPS) is 16.3. The van der Waals surface area contributed by atoms with Gasteiger partial charge in [-0.05, 0) is 59.8 Å². The lowest BCUT2D eigenvalue weighted by molar-refractivity contribution is 0.174. The smallest absolute Gasteiger partial charge is 0.231 e. The average molecular weight is 335 g/mol. The Morgan fingerprint density at radius 3 is 2.85 bits per heavy atom. The van der Waals surface area contributed by atoms with E-state index in [0.29, 0.717) is 6.79 Å². The average Bonchev–Trinajstić information content (AvgIpc) is 3.03. The lowest BCUT2D eigenvalue weighted by Gasteiger charge is -2.17. The maximum absolute atomic E-state index is 5.50. The molecule has 2 aliphatic rings. The van der Waals surface area contributed by atoms with Crippen molar-refractivity contribution in [2.75, 3.05) is 6.79 Å². The van der Waals surface area contributed by atoms with Crippen molar-refractivity contribution in [3.8, 4) is 22.9 Å². The topological polar surface area (TPSA) is 36.3 Å². The first-order valence-corrected chi connectivity index (χ1v) is 7.69. The Hall–Kier alpha value is -1.49. The minimum absolute atomic E-state index is 0.307. The summed E-state index contributed by atoms with van der Waals surface area (Å²) in [4.78, 5) is 4.73. The van der Waals surface area contributed by atoms with Crippen LogP contribution in [0.25, 0.3) is 11.4 Å². The van der Waals surface area contributed by atoms with E-state index in [1.54, 1.807) is 0 Å². The Morgan fingerprint density at radius 2 is 2.00 bits per heavy atom. The fourth-order valence-corrected chi connectivity index (χ4v) is 3.57. The standard InChI is InChI=1S/C15H15BrN2O2/c1-9-6-12-13(20-8-19-12)7-10(9)15-17-14(16)11-4-2-3-5-18(11)15/h6-7H,2-5,8H2,1H3. The van der Waals surface area contributed by atoms with Crippen LogP contribution in [0.4, 0.5) is 0 Å². The van der Waals surface area contributed by atoms with Gasteiger partial charge < -0.3 is 14.0 Å². The summed E-state index contributed by atoms with van der Waals surface area (Å²) in [5.74, 6) is 2.67. The van der Waals surface area contributed by atoms with E-state index in [1.165, 1.54) is 24.1 Å². The van der Waals surface area contributed by atoms with Gasteiger partial charge in [-0.25, -0.2) is 4.98 Å². The number of halogens is 1. The molecule has 0 saturated carbocycles. The number of nitrogens with zero attached hydrogens (tertiary/aromatic N) is 2. The van der Waals surface area contributed by atoms with Gasteiger partial charge in [0.25, 0.3) is 0 Å². The van der Waals surface area contributed by atoms with Crippen LogP contribution in [0.1, 0.15) is 24.1 Å². The first-order valence-electron chi connectivity index (χ1n) is 6.89. The molecule has 1 aromatic carbocycles. The van der Waals surface area contributed by atoms with Crippen LogP contribution in [0.3, 0.4) is 0 Å². The molecule has 1 aromatic heterocycles. The van der Waals surface area contributed by atoms with Gasteiger partial charge in [0.2, 0.25) is 6.79 Å². The van der Waals surface area contributed by atoms with E-state index in [-0.39, 0.29) is 0 Å². The Labute approximate surface area is 125 Å². The highest BCUT2D eigenvalue weighted by Gasteiger charge is 2.23. The molecule has 0 spiro atoms. The minimum Gasteiger partial charge on any atom is -0.454 e. The van der Waals surface area contributed by atoms with Crippen LogP contribution in [-0.2, 0) is 13.0 Å².